The second-order valence-electron chi connectivity index (χ2n) is 4.83. The Morgan fingerprint density at radius 2 is 2.12 bits per heavy atom. The fourth-order valence-electron chi connectivity index (χ4n) is 1.98. The van der Waals surface area contributed by atoms with Crippen molar-refractivity contribution in [1.82, 2.24) is 19.7 Å². The predicted molar refractivity (Wildman–Crippen MR) is 82.7 cm³/mol. The molecular weight excluding hydrogens is 340 g/mol. The number of hydrogen-bond donors (Lipinski definition) is 1. The number of halogens is 3. The molecule has 0 aliphatic carbocycles. The summed E-state index contributed by atoms with van der Waals surface area (Å²) in [7, 11) is 0. The van der Waals surface area contributed by atoms with Crippen LogP contribution in [0.2, 0.25) is 5.02 Å². The lowest BCUT2D eigenvalue weighted by molar-refractivity contribution is 0.101. The molecule has 24 heavy (non-hydrogen) atoms. The first-order chi connectivity index (χ1) is 11.5. The van der Waals surface area contributed by atoms with Crippen LogP contribution < -0.4 is 5.32 Å². The number of carbonyl (C=O) groups is 1. The molecule has 2 aromatic heterocycles. The monoisotopic (exact) mass is 349 g/mol. The van der Waals surface area contributed by atoms with Crippen LogP contribution in [0.4, 0.5) is 14.5 Å². The normalized spacial score (nSPS) is 10.6. The molecule has 0 unspecified atom stereocenters. The molecule has 9 heteroatoms. The van der Waals surface area contributed by atoms with E-state index >= 15 is 0 Å². The van der Waals surface area contributed by atoms with Crippen molar-refractivity contribution >= 4 is 23.2 Å². The van der Waals surface area contributed by atoms with Gasteiger partial charge in [0.25, 0.3) is 5.91 Å². The van der Waals surface area contributed by atoms with Gasteiger partial charge in [0.2, 0.25) is 5.82 Å². The van der Waals surface area contributed by atoms with Crippen molar-refractivity contribution < 1.29 is 13.6 Å². The maximum atomic E-state index is 13.8. The Bertz CT molecular complexity index is 899. The van der Waals surface area contributed by atoms with Gasteiger partial charge in [0, 0.05) is 6.20 Å². The number of benzene rings is 1. The minimum Gasteiger partial charge on any atom is -0.317 e. The molecule has 1 aromatic carbocycles. The van der Waals surface area contributed by atoms with Gasteiger partial charge in [-0.2, -0.15) is 0 Å². The van der Waals surface area contributed by atoms with E-state index in [0.29, 0.717) is 5.56 Å². The number of aromatic nitrogens is 4. The SMILES string of the molecule is O=C(Nc1cccc(Cl)c1F)c1ncn(Cc2cncc(F)c2)n1. The van der Waals surface area contributed by atoms with Gasteiger partial charge < -0.3 is 5.32 Å². The predicted octanol–water partition coefficient (Wildman–Crippen LogP) is 2.91. The molecule has 6 nitrogen and oxygen atoms in total. The molecule has 3 rings (SSSR count). The lowest BCUT2D eigenvalue weighted by atomic mass is 10.3. The highest BCUT2D eigenvalue weighted by molar-refractivity contribution is 6.31. The van der Waals surface area contributed by atoms with E-state index in [1.807, 2.05) is 0 Å². The number of carbonyl (C=O) groups excluding carboxylic acids is 1. The first-order valence-electron chi connectivity index (χ1n) is 6.77. The van der Waals surface area contributed by atoms with Crippen molar-refractivity contribution in [2.24, 2.45) is 0 Å². The van der Waals surface area contributed by atoms with Crippen LogP contribution in [-0.4, -0.2) is 25.7 Å². The molecule has 0 spiro atoms. The van der Waals surface area contributed by atoms with Gasteiger partial charge in [-0.25, -0.2) is 18.4 Å². The molecule has 0 radical (unpaired) electrons. The van der Waals surface area contributed by atoms with Crippen molar-refractivity contribution in [1.29, 1.82) is 0 Å². The molecule has 0 aliphatic heterocycles. The second-order valence-corrected chi connectivity index (χ2v) is 5.24. The number of anilines is 1. The highest BCUT2D eigenvalue weighted by Crippen LogP contribution is 2.22. The number of nitrogens with zero attached hydrogens (tertiary/aromatic N) is 4. The highest BCUT2D eigenvalue weighted by Gasteiger charge is 2.15. The van der Waals surface area contributed by atoms with Crippen LogP contribution >= 0.6 is 11.6 Å². The van der Waals surface area contributed by atoms with E-state index in [2.05, 4.69) is 20.4 Å². The summed E-state index contributed by atoms with van der Waals surface area (Å²) in [4.78, 5) is 19.6. The van der Waals surface area contributed by atoms with E-state index in [-0.39, 0.29) is 23.1 Å². The lowest BCUT2D eigenvalue weighted by Crippen LogP contribution is -2.15. The maximum Gasteiger partial charge on any atom is 0.295 e. The molecule has 1 N–H and O–H groups in total. The average Bonchev–Trinajstić information content (AvgIpc) is 3.00. The molecule has 0 bridgehead atoms. The van der Waals surface area contributed by atoms with Crippen molar-refractivity contribution in [2.45, 2.75) is 6.54 Å². The zero-order chi connectivity index (χ0) is 17.1. The fourth-order valence-corrected chi connectivity index (χ4v) is 2.16. The van der Waals surface area contributed by atoms with Crippen LogP contribution in [0.25, 0.3) is 0 Å². The summed E-state index contributed by atoms with van der Waals surface area (Å²) in [6.07, 6.45) is 3.88. The van der Waals surface area contributed by atoms with Gasteiger partial charge in [0.05, 0.1) is 23.5 Å². The Kier molecular flexibility index (Phi) is 4.48. The molecular formula is C15H10ClF2N5O. The summed E-state index contributed by atoms with van der Waals surface area (Å²) in [5.74, 6) is -2.05. The van der Waals surface area contributed by atoms with Gasteiger partial charge >= 0.3 is 0 Å². The van der Waals surface area contributed by atoms with Crippen molar-refractivity contribution in [2.75, 3.05) is 5.32 Å². The average molecular weight is 350 g/mol. The van der Waals surface area contributed by atoms with Crippen LogP contribution in [0, 0.1) is 11.6 Å². The molecule has 0 atom stereocenters. The third kappa shape index (κ3) is 3.54. The smallest absolute Gasteiger partial charge is 0.295 e. The zero-order valence-electron chi connectivity index (χ0n) is 12.1. The molecule has 0 saturated carbocycles. The number of amides is 1. The number of hydrogen-bond acceptors (Lipinski definition) is 4. The van der Waals surface area contributed by atoms with Crippen molar-refractivity contribution in [3.05, 3.63) is 71.0 Å². The molecule has 122 valence electrons. The summed E-state index contributed by atoms with van der Waals surface area (Å²) in [6.45, 7) is 0.191. The fraction of sp³-hybridized carbons (Fsp3) is 0.0667. The molecule has 1 amide bonds. The van der Waals surface area contributed by atoms with Gasteiger partial charge in [0.1, 0.15) is 12.1 Å². The zero-order valence-corrected chi connectivity index (χ0v) is 12.8. The Hall–Kier alpha value is -2.87. The molecule has 3 aromatic rings. The number of pyridine rings is 1. The first kappa shape index (κ1) is 16.0. The molecule has 2 heterocycles. The molecule has 0 fully saturated rings. The minimum atomic E-state index is -0.738. The standard InChI is InChI=1S/C15H10ClF2N5O/c16-11-2-1-3-12(13(11)18)21-15(24)14-20-8-23(22-14)7-9-4-10(17)6-19-5-9/h1-6,8H,7H2,(H,21,24). The Labute approximate surface area is 140 Å². The molecule has 0 aliphatic rings. The highest BCUT2D eigenvalue weighted by atomic mass is 35.5. The summed E-state index contributed by atoms with van der Waals surface area (Å²) in [6, 6.07) is 5.54. The quantitative estimate of drug-likeness (QED) is 0.786. The van der Waals surface area contributed by atoms with Gasteiger partial charge in [0.15, 0.2) is 5.82 Å². The lowest BCUT2D eigenvalue weighted by Gasteiger charge is -2.05. The van der Waals surface area contributed by atoms with Gasteiger partial charge in [-0.3, -0.25) is 9.78 Å². The minimum absolute atomic E-state index is 0.0711. The van der Waals surface area contributed by atoms with Crippen LogP contribution in [0.3, 0.4) is 0 Å². The summed E-state index contributed by atoms with van der Waals surface area (Å²) < 4.78 is 28.2. The van der Waals surface area contributed by atoms with E-state index < -0.39 is 17.5 Å². The first-order valence-corrected chi connectivity index (χ1v) is 7.15. The Morgan fingerprint density at radius 3 is 2.92 bits per heavy atom. The van der Waals surface area contributed by atoms with Crippen LogP contribution in [0.15, 0.2) is 43.0 Å². The molecule has 0 saturated heterocycles. The summed E-state index contributed by atoms with van der Waals surface area (Å²) >= 11 is 5.65. The summed E-state index contributed by atoms with van der Waals surface area (Å²) in [5, 5.41) is 6.21. The van der Waals surface area contributed by atoms with Crippen LogP contribution in [0.5, 0.6) is 0 Å². The van der Waals surface area contributed by atoms with E-state index in [1.54, 1.807) is 0 Å². The van der Waals surface area contributed by atoms with Gasteiger partial charge in [-0.15, -0.1) is 5.10 Å². The van der Waals surface area contributed by atoms with Crippen LogP contribution in [-0.2, 0) is 6.54 Å². The number of rotatable bonds is 4. The van der Waals surface area contributed by atoms with E-state index in [1.165, 1.54) is 41.5 Å². The Morgan fingerprint density at radius 1 is 1.29 bits per heavy atom. The van der Waals surface area contributed by atoms with Crippen molar-refractivity contribution in [3.63, 3.8) is 0 Å². The Balaban J connectivity index is 1.73. The topological polar surface area (TPSA) is 72.7 Å². The maximum absolute atomic E-state index is 13.8. The second kappa shape index (κ2) is 6.71. The van der Waals surface area contributed by atoms with Crippen molar-refractivity contribution in [3.8, 4) is 0 Å². The van der Waals surface area contributed by atoms with Gasteiger partial charge in [-0.05, 0) is 23.8 Å². The third-order valence-corrected chi connectivity index (χ3v) is 3.34. The van der Waals surface area contributed by atoms with Gasteiger partial charge in [-0.1, -0.05) is 17.7 Å². The number of nitrogens with one attached hydrogen (secondary N) is 1. The summed E-state index contributed by atoms with van der Waals surface area (Å²) in [5.41, 5.74) is 0.492. The van der Waals surface area contributed by atoms with E-state index in [0.717, 1.165) is 6.20 Å². The third-order valence-electron chi connectivity index (χ3n) is 3.05. The van der Waals surface area contributed by atoms with E-state index in [4.69, 9.17) is 11.6 Å². The largest absolute Gasteiger partial charge is 0.317 e. The van der Waals surface area contributed by atoms with Crippen LogP contribution in [0.1, 0.15) is 16.2 Å². The van der Waals surface area contributed by atoms with E-state index in [9.17, 15) is 13.6 Å².